The molecule has 1 aliphatic rings. The number of guanidine groups is 1. The molecule has 2 N–H and O–H groups in total. The summed E-state index contributed by atoms with van der Waals surface area (Å²) in [5.74, 6) is 0.995. The first-order chi connectivity index (χ1) is 8.56. The van der Waals surface area contributed by atoms with Crippen molar-refractivity contribution < 1.29 is 0 Å². The molecule has 1 aromatic rings. The zero-order valence-corrected chi connectivity index (χ0v) is 11.3. The Morgan fingerprint density at radius 1 is 1.33 bits per heavy atom. The summed E-state index contributed by atoms with van der Waals surface area (Å²) in [7, 11) is 0. The largest absolute Gasteiger partial charge is 0.369 e. The van der Waals surface area contributed by atoms with Crippen LogP contribution in [-0.2, 0) is 0 Å². The molecule has 98 valence electrons. The van der Waals surface area contributed by atoms with Crippen LogP contribution in [0, 0.1) is 13.8 Å². The summed E-state index contributed by atoms with van der Waals surface area (Å²) in [4.78, 5) is 15.1. The van der Waals surface area contributed by atoms with Crippen molar-refractivity contribution in [1.82, 2.24) is 14.9 Å². The van der Waals surface area contributed by atoms with Gasteiger partial charge in [-0.15, -0.1) is 0 Å². The normalized spacial score (nSPS) is 21.2. The van der Waals surface area contributed by atoms with Crippen molar-refractivity contribution in [3.63, 3.8) is 0 Å². The van der Waals surface area contributed by atoms with E-state index in [4.69, 9.17) is 5.73 Å². The molecular formula is C13H21N5. The number of hydrogen-bond donors (Lipinski definition) is 1. The minimum atomic E-state index is 0.452. The van der Waals surface area contributed by atoms with Crippen LogP contribution in [0.25, 0.3) is 0 Å². The molecule has 0 radical (unpaired) electrons. The number of aryl methyl sites for hydroxylation is 2. The molecule has 5 nitrogen and oxygen atoms in total. The van der Waals surface area contributed by atoms with Crippen molar-refractivity contribution in [2.75, 3.05) is 6.54 Å². The summed E-state index contributed by atoms with van der Waals surface area (Å²) in [6.45, 7) is 7.03. The molecule has 2 heterocycles. The lowest BCUT2D eigenvalue weighted by Gasteiger charge is -2.33. The topological polar surface area (TPSA) is 67.4 Å². The molecule has 0 aliphatic carbocycles. The van der Waals surface area contributed by atoms with Gasteiger partial charge in [0.2, 0.25) is 0 Å². The quantitative estimate of drug-likeness (QED) is 0.608. The Kier molecular flexibility index (Phi) is 3.79. The molecule has 1 aromatic heterocycles. The van der Waals surface area contributed by atoms with Gasteiger partial charge in [-0.3, -0.25) is 0 Å². The lowest BCUT2D eigenvalue weighted by molar-refractivity contribution is 0.256. The van der Waals surface area contributed by atoms with Gasteiger partial charge in [0.15, 0.2) is 5.96 Å². The lowest BCUT2D eigenvalue weighted by atomic mass is 10.0. The minimum Gasteiger partial charge on any atom is -0.369 e. The Balaban J connectivity index is 2.20. The average molecular weight is 247 g/mol. The Labute approximate surface area is 108 Å². The second kappa shape index (κ2) is 5.33. The SMILES string of the molecule is Cc1cc(C)nc(N=C(N)N2CCCCC2C)n1. The van der Waals surface area contributed by atoms with Crippen LogP contribution in [0.4, 0.5) is 5.95 Å². The van der Waals surface area contributed by atoms with Crippen LogP contribution >= 0.6 is 0 Å². The maximum Gasteiger partial charge on any atom is 0.253 e. The third-order valence-electron chi connectivity index (χ3n) is 3.28. The summed E-state index contributed by atoms with van der Waals surface area (Å²) in [6, 6.07) is 2.38. The van der Waals surface area contributed by atoms with Gasteiger partial charge in [0, 0.05) is 24.0 Å². The van der Waals surface area contributed by atoms with E-state index in [0.29, 0.717) is 17.9 Å². The van der Waals surface area contributed by atoms with Gasteiger partial charge in [-0.1, -0.05) is 0 Å². The summed E-state index contributed by atoms with van der Waals surface area (Å²) in [5, 5.41) is 0. The second-order valence-electron chi connectivity index (χ2n) is 4.96. The molecule has 1 aliphatic heterocycles. The fourth-order valence-corrected chi connectivity index (χ4v) is 2.36. The van der Waals surface area contributed by atoms with Crippen LogP contribution in [0.1, 0.15) is 37.6 Å². The highest BCUT2D eigenvalue weighted by molar-refractivity contribution is 5.80. The minimum absolute atomic E-state index is 0.452. The molecule has 5 heteroatoms. The Morgan fingerprint density at radius 2 is 2.00 bits per heavy atom. The molecule has 1 saturated heterocycles. The van der Waals surface area contributed by atoms with Crippen molar-refractivity contribution in [3.05, 3.63) is 17.5 Å². The first-order valence-corrected chi connectivity index (χ1v) is 6.49. The molecule has 2 rings (SSSR count). The molecule has 1 fully saturated rings. The van der Waals surface area contributed by atoms with Crippen LogP contribution in [0.3, 0.4) is 0 Å². The predicted molar refractivity (Wildman–Crippen MR) is 72.8 cm³/mol. The summed E-state index contributed by atoms with van der Waals surface area (Å²) >= 11 is 0. The second-order valence-corrected chi connectivity index (χ2v) is 4.96. The highest BCUT2D eigenvalue weighted by Crippen LogP contribution is 2.17. The van der Waals surface area contributed by atoms with E-state index >= 15 is 0 Å². The van der Waals surface area contributed by atoms with E-state index in [1.54, 1.807) is 0 Å². The van der Waals surface area contributed by atoms with Crippen molar-refractivity contribution in [2.45, 2.75) is 46.1 Å². The van der Waals surface area contributed by atoms with Crippen LogP contribution in [0.15, 0.2) is 11.1 Å². The first kappa shape index (κ1) is 12.8. The summed E-state index contributed by atoms with van der Waals surface area (Å²) in [5.41, 5.74) is 7.90. The van der Waals surface area contributed by atoms with Crippen molar-refractivity contribution in [2.24, 2.45) is 10.7 Å². The van der Waals surface area contributed by atoms with E-state index in [9.17, 15) is 0 Å². The van der Waals surface area contributed by atoms with Gasteiger partial charge in [-0.2, -0.15) is 4.99 Å². The molecular weight excluding hydrogens is 226 g/mol. The summed E-state index contributed by atoms with van der Waals surface area (Å²) in [6.07, 6.45) is 3.61. The number of aliphatic imine (C=N–C) groups is 1. The number of nitrogens with two attached hydrogens (primary N) is 1. The van der Waals surface area contributed by atoms with Gasteiger partial charge < -0.3 is 10.6 Å². The smallest absolute Gasteiger partial charge is 0.253 e. The third kappa shape index (κ3) is 2.97. The Hall–Kier alpha value is -1.65. The van der Waals surface area contributed by atoms with E-state index in [-0.39, 0.29) is 0 Å². The zero-order valence-electron chi connectivity index (χ0n) is 11.3. The summed E-state index contributed by atoms with van der Waals surface area (Å²) < 4.78 is 0. The number of likely N-dealkylation sites (tertiary alicyclic amines) is 1. The van der Waals surface area contributed by atoms with Gasteiger partial charge in [0.1, 0.15) is 0 Å². The third-order valence-corrected chi connectivity index (χ3v) is 3.28. The highest BCUT2D eigenvalue weighted by atomic mass is 15.3. The molecule has 0 aromatic carbocycles. The number of aromatic nitrogens is 2. The van der Waals surface area contributed by atoms with Crippen molar-refractivity contribution in [1.29, 1.82) is 0 Å². The lowest BCUT2D eigenvalue weighted by Crippen LogP contribution is -2.46. The van der Waals surface area contributed by atoms with E-state index < -0.39 is 0 Å². The maximum atomic E-state index is 6.07. The predicted octanol–water partition coefficient (Wildman–Crippen LogP) is 1.91. The molecule has 1 atom stereocenters. The van der Waals surface area contributed by atoms with Crippen LogP contribution in [-0.4, -0.2) is 33.4 Å². The van der Waals surface area contributed by atoms with E-state index in [2.05, 4.69) is 26.8 Å². The fraction of sp³-hybridized carbons (Fsp3) is 0.615. The molecule has 1 unspecified atom stereocenters. The zero-order chi connectivity index (χ0) is 13.1. The van der Waals surface area contributed by atoms with Crippen LogP contribution < -0.4 is 5.73 Å². The molecule has 0 saturated carbocycles. The monoisotopic (exact) mass is 247 g/mol. The van der Waals surface area contributed by atoms with Gasteiger partial charge >= 0.3 is 0 Å². The first-order valence-electron chi connectivity index (χ1n) is 6.49. The number of piperidine rings is 1. The molecule has 18 heavy (non-hydrogen) atoms. The Bertz CT molecular complexity index is 434. The molecule has 0 bridgehead atoms. The van der Waals surface area contributed by atoms with E-state index in [1.165, 1.54) is 19.3 Å². The van der Waals surface area contributed by atoms with Gasteiger partial charge in [0.25, 0.3) is 5.95 Å². The van der Waals surface area contributed by atoms with E-state index in [0.717, 1.165) is 17.9 Å². The molecule has 0 spiro atoms. The van der Waals surface area contributed by atoms with Crippen LogP contribution in [0.2, 0.25) is 0 Å². The van der Waals surface area contributed by atoms with Crippen molar-refractivity contribution in [3.8, 4) is 0 Å². The van der Waals surface area contributed by atoms with Gasteiger partial charge in [-0.25, -0.2) is 9.97 Å². The standard InChI is InChI=1S/C13H21N5/c1-9-8-10(2)16-13(15-9)17-12(14)18-7-5-4-6-11(18)3/h8,11H,4-7H2,1-3H3,(H2,14,15,16,17). The van der Waals surface area contributed by atoms with Crippen molar-refractivity contribution >= 4 is 11.9 Å². The highest BCUT2D eigenvalue weighted by Gasteiger charge is 2.20. The number of rotatable bonds is 1. The Morgan fingerprint density at radius 3 is 2.61 bits per heavy atom. The maximum absolute atomic E-state index is 6.07. The van der Waals surface area contributed by atoms with E-state index in [1.807, 2.05) is 19.9 Å². The van der Waals surface area contributed by atoms with Gasteiger partial charge in [0.05, 0.1) is 0 Å². The molecule has 0 amide bonds. The average Bonchev–Trinajstić information content (AvgIpc) is 2.27. The van der Waals surface area contributed by atoms with Crippen LogP contribution in [0.5, 0.6) is 0 Å². The fourth-order valence-electron chi connectivity index (χ4n) is 2.36. The number of nitrogens with zero attached hydrogens (tertiary/aromatic N) is 4. The number of hydrogen-bond acceptors (Lipinski definition) is 3. The van der Waals surface area contributed by atoms with Gasteiger partial charge in [-0.05, 0) is 46.1 Å².